The first-order valence-electron chi connectivity index (χ1n) is 8.05. The molecule has 0 aromatic heterocycles. The second-order valence-corrected chi connectivity index (χ2v) is 7.08. The molecule has 1 heterocycles. The van der Waals surface area contributed by atoms with Crippen molar-refractivity contribution in [2.75, 3.05) is 19.1 Å². The standard InChI is InChI=1S/C19H21NO4S/c1-19(22,15-7-8-16-17(9-15)24-13-23-16)12-20-18(21)11-25-10-14-5-3-2-4-6-14/h2-9,22H,10-13H2,1H3,(H,20,21)/t19-/m0/s1. The van der Waals surface area contributed by atoms with Gasteiger partial charge in [0, 0.05) is 5.75 Å². The fourth-order valence-corrected chi connectivity index (χ4v) is 3.31. The maximum absolute atomic E-state index is 12.0. The van der Waals surface area contributed by atoms with E-state index in [-0.39, 0.29) is 19.2 Å². The van der Waals surface area contributed by atoms with Gasteiger partial charge in [-0.05, 0) is 30.2 Å². The molecule has 0 radical (unpaired) electrons. The fourth-order valence-electron chi connectivity index (χ4n) is 2.49. The van der Waals surface area contributed by atoms with E-state index in [2.05, 4.69) is 5.32 Å². The van der Waals surface area contributed by atoms with E-state index >= 15 is 0 Å². The van der Waals surface area contributed by atoms with Crippen LogP contribution in [0.2, 0.25) is 0 Å². The Morgan fingerprint density at radius 2 is 1.96 bits per heavy atom. The van der Waals surface area contributed by atoms with E-state index in [4.69, 9.17) is 9.47 Å². The Hall–Kier alpha value is -2.18. The number of thioether (sulfide) groups is 1. The van der Waals surface area contributed by atoms with Gasteiger partial charge in [0.05, 0.1) is 12.3 Å². The zero-order valence-corrected chi connectivity index (χ0v) is 14.8. The first-order valence-corrected chi connectivity index (χ1v) is 9.21. The summed E-state index contributed by atoms with van der Waals surface area (Å²) in [7, 11) is 0. The van der Waals surface area contributed by atoms with E-state index < -0.39 is 5.60 Å². The molecule has 2 aromatic carbocycles. The minimum absolute atomic E-state index is 0.0954. The summed E-state index contributed by atoms with van der Waals surface area (Å²) in [6.45, 7) is 2.00. The van der Waals surface area contributed by atoms with Crippen molar-refractivity contribution >= 4 is 17.7 Å². The minimum atomic E-state index is -1.18. The molecule has 25 heavy (non-hydrogen) atoms. The number of rotatable bonds is 7. The third-order valence-corrected chi connectivity index (χ3v) is 4.97. The lowest BCUT2D eigenvalue weighted by Crippen LogP contribution is -2.39. The zero-order chi connectivity index (χ0) is 17.7. The number of ether oxygens (including phenoxy) is 2. The van der Waals surface area contributed by atoms with Crippen LogP contribution < -0.4 is 14.8 Å². The Bertz CT molecular complexity index is 733. The topological polar surface area (TPSA) is 67.8 Å². The lowest BCUT2D eigenvalue weighted by Gasteiger charge is -2.24. The average molecular weight is 359 g/mol. The van der Waals surface area contributed by atoms with E-state index in [0.717, 1.165) is 5.75 Å². The summed E-state index contributed by atoms with van der Waals surface area (Å²) in [6.07, 6.45) is 0. The summed E-state index contributed by atoms with van der Waals surface area (Å²) in [4.78, 5) is 12.0. The van der Waals surface area contributed by atoms with Crippen LogP contribution in [0.25, 0.3) is 0 Å². The number of amides is 1. The molecular weight excluding hydrogens is 338 g/mol. The highest BCUT2D eigenvalue weighted by molar-refractivity contribution is 7.99. The van der Waals surface area contributed by atoms with Gasteiger partial charge in [0.25, 0.3) is 0 Å². The van der Waals surface area contributed by atoms with Crippen LogP contribution in [0.4, 0.5) is 0 Å². The molecule has 1 aliphatic rings. The Morgan fingerprint density at radius 3 is 2.76 bits per heavy atom. The number of nitrogens with one attached hydrogen (secondary N) is 1. The molecule has 1 atom stereocenters. The van der Waals surface area contributed by atoms with Crippen molar-refractivity contribution in [2.45, 2.75) is 18.3 Å². The predicted octanol–water partition coefficient (Wildman–Crippen LogP) is 2.67. The molecule has 0 fully saturated rings. The van der Waals surface area contributed by atoms with Crippen LogP contribution in [0.5, 0.6) is 11.5 Å². The molecule has 0 saturated carbocycles. The number of aliphatic hydroxyl groups is 1. The summed E-state index contributed by atoms with van der Waals surface area (Å²) < 4.78 is 10.6. The predicted molar refractivity (Wildman–Crippen MR) is 97.7 cm³/mol. The van der Waals surface area contributed by atoms with Gasteiger partial charge >= 0.3 is 0 Å². The summed E-state index contributed by atoms with van der Waals surface area (Å²) in [5.74, 6) is 2.32. The molecule has 0 bridgehead atoms. The van der Waals surface area contributed by atoms with Crippen molar-refractivity contribution in [2.24, 2.45) is 0 Å². The lowest BCUT2D eigenvalue weighted by molar-refractivity contribution is -0.119. The Balaban J connectivity index is 1.47. The van der Waals surface area contributed by atoms with Gasteiger partial charge in [-0.1, -0.05) is 36.4 Å². The molecule has 0 aliphatic carbocycles. The second kappa shape index (κ2) is 7.80. The highest BCUT2D eigenvalue weighted by Crippen LogP contribution is 2.35. The number of hydrogen-bond donors (Lipinski definition) is 2. The molecule has 3 rings (SSSR count). The first-order chi connectivity index (χ1) is 12.0. The lowest BCUT2D eigenvalue weighted by atomic mass is 9.95. The van der Waals surface area contributed by atoms with Crippen molar-refractivity contribution in [3.05, 3.63) is 59.7 Å². The molecule has 0 saturated heterocycles. The summed E-state index contributed by atoms with van der Waals surface area (Å²) in [6, 6.07) is 15.3. The highest BCUT2D eigenvalue weighted by atomic mass is 32.2. The molecule has 0 unspecified atom stereocenters. The maximum atomic E-state index is 12.0. The summed E-state index contributed by atoms with van der Waals surface area (Å²) >= 11 is 1.55. The van der Waals surface area contributed by atoms with Crippen LogP contribution in [0.15, 0.2) is 48.5 Å². The van der Waals surface area contributed by atoms with Crippen LogP contribution in [0.3, 0.4) is 0 Å². The van der Waals surface area contributed by atoms with Crippen molar-refractivity contribution in [3.8, 4) is 11.5 Å². The third kappa shape index (κ3) is 4.67. The van der Waals surface area contributed by atoms with Crippen LogP contribution in [-0.2, 0) is 16.1 Å². The van der Waals surface area contributed by atoms with E-state index in [1.165, 1.54) is 5.56 Å². The van der Waals surface area contributed by atoms with Gasteiger partial charge in [0.15, 0.2) is 11.5 Å². The van der Waals surface area contributed by atoms with Gasteiger partial charge in [-0.3, -0.25) is 4.79 Å². The van der Waals surface area contributed by atoms with Crippen LogP contribution in [-0.4, -0.2) is 30.1 Å². The van der Waals surface area contributed by atoms with Crippen LogP contribution >= 0.6 is 11.8 Å². The molecule has 132 valence electrons. The number of carbonyl (C=O) groups excluding carboxylic acids is 1. The normalized spacial score (nSPS) is 14.8. The summed E-state index contributed by atoms with van der Waals surface area (Å²) in [5, 5.41) is 13.4. The maximum Gasteiger partial charge on any atom is 0.231 e. The highest BCUT2D eigenvalue weighted by Gasteiger charge is 2.26. The van der Waals surface area contributed by atoms with E-state index in [0.29, 0.717) is 22.8 Å². The Labute approximate surface area is 151 Å². The molecular formula is C19H21NO4S. The SMILES string of the molecule is C[C@](O)(CNC(=O)CSCc1ccccc1)c1ccc2c(c1)OCO2. The van der Waals surface area contributed by atoms with E-state index in [1.807, 2.05) is 30.3 Å². The van der Waals surface area contributed by atoms with Gasteiger partial charge in [-0.2, -0.15) is 0 Å². The molecule has 1 aliphatic heterocycles. The van der Waals surface area contributed by atoms with Crippen LogP contribution in [0.1, 0.15) is 18.1 Å². The second-order valence-electron chi connectivity index (χ2n) is 6.10. The molecule has 0 spiro atoms. The van der Waals surface area contributed by atoms with Gasteiger partial charge in [-0.25, -0.2) is 0 Å². The van der Waals surface area contributed by atoms with Crippen LogP contribution in [0, 0.1) is 0 Å². The molecule has 2 aromatic rings. The quantitative estimate of drug-likeness (QED) is 0.796. The Morgan fingerprint density at radius 1 is 1.20 bits per heavy atom. The number of benzene rings is 2. The van der Waals surface area contributed by atoms with E-state index in [9.17, 15) is 9.90 Å². The van der Waals surface area contributed by atoms with Crippen molar-refractivity contribution in [3.63, 3.8) is 0 Å². The minimum Gasteiger partial charge on any atom is -0.454 e. The fraction of sp³-hybridized carbons (Fsp3) is 0.316. The van der Waals surface area contributed by atoms with E-state index in [1.54, 1.807) is 36.9 Å². The first kappa shape index (κ1) is 17.6. The van der Waals surface area contributed by atoms with Gasteiger partial charge in [0.1, 0.15) is 5.60 Å². The molecule has 2 N–H and O–H groups in total. The van der Waals surface area contributed by atoms with Crippen molar-refractivity contribution < 1.29 is 19.4 Å². The number of hydrogen-bond acceptors (Lipinski definition) is 5. The summed E-state index contributed by atoms with van der Waals surface area (Å²) in [5.41, 5.74) is 0.683. The van der Waals surface area contributed by atoms with Crippen molar-refractivity contribution in [1.82, 2.24) is 5.32 Å². The third-order valence-electron chi connectivity index (χ3n) is 3.97. The van der Waals surface area contributed by atoms with Gasteiger partial charge in [-0.15, -0.1) is 11.8 Å². The average Bonchev–Trinajstić information content (AvgIpc) is 3.09. The largest absolute Gasteiger partial charge is 0.454 e. The van der Waals surface area contributed by atoms with Gasteiger partial charge in [0.2, 0.25) is 12.7 Å². The molecule has 1 amide bonds. The molecule has 5 nitrogen and oxygen atoms in total. The van der Waals surface area contributed by atoms with Crippen molar-refractivity contribution in [1.29, 1.82) is 0 Å². The molecule has 6 heteroatoms. The van der Waals surface area contributed by atoms with Gasteiger partial charge < -0.3 is 19.9 Å². The smallest absolute Gasteiger partial charge is 0.231 e. The zero-order valence-electron chi connectivity index (χ0n) is 14.0. The number of carbonyl (C=O) groups is 1. The number of fused-ring (bicyclic) bond motifs is 1. The monoisotopic (exact) mass is 359 g/mol. The Kier molecular flexibility index (Phi) is 5.50.